The molecule has 3 atom stereocenters. The van der Waals surface area contributed by atoms with E-state index in [1.807, 2.05) is 0 Å². The fourth-order valence-electron chi connectivity index (χ4n) is 2.78. The van der Waals surface area contributed by atoms with Crippen molar-refractivity contribution >= 4 is 15.9 Å². The number of benzene rings is 1. The first-order valence-electron chi connectivity index (χ1n) is 7.20. The molecule has 0 aromatic heterocycles. The molecule has 0 saturated heterocycles. The monoisotopic (exact) mass is 401 g/mol. The molecule has 7 nitrogen and oxygen atoms in total. The van der Waals surface area contributed by atoms with Crippen LogP contribution in [0.25, 0.3) is 0 Å². The quantitative estimate of drug-likeness (QED) is 0.570. The molecule has 26 heavy (non-hydrogen) atoms. The molecule has 1 fully saturated rings. The van der Waals surface area contributed by atoms with Gasteiger partial charge in [0.05, 0.1) is 6.26 Å². The Morgan fingerprint density at radius 3 is 2.46 bits per heavy atom. The van der Waals surface area contributed by atoms with Crippen LogP contribution in [-0.2, 0) is 24.6 Å². The second-order valence-electron chi connectivity index (χ2n) is 5.78. The summed E-state index contributed by atoms with van der Waals surface area (Å²) in [6.45, 7) is 0. The topological polar surface area (TPSA) is 116 Å². The Bertz CT molecular complexity index is 812. The van der Waals surface area contributed by atoms with Crippen molar-refractivity contribution in [1.82, 2.24) is 0 Å². The van der Waals surface area contributed by atoms with Gasteiger partial charge in [-0.05, 0) is 18.9 Å². The van der Waals surface area contributed by atoms with Gasteiger partial charge in [0.1, 0.15) is 17.7 Å². The molecule has 3 N–H and O–H groups in total. The number of Topliss-reactive ketones (excluding diaryl/α,β-unsaturated/α-hetero) is 1. The summed E-state index contributed by atoms with van der Waals surface area (Å²) < 4.78 is 82.9. The van der Waals surface area contributed by atoms with E-state index in [-0.39, 0.29) is 12.8 Å². The maximum atomic E-state index is 14.6. The lowest BCUT2D eigenvalue weighted by molar-refractivity contribution is -0.275. The summed E-state index contributed by atoms with van der Waals surface area (Å²) in [6, 6.07) is 2.50. The lowest BCUT2D eigenvalue weighted by atomic mass is 9.72. The highest BCUT2D eigenvalue weighted by atomic mass is 32.2. The average Bonchev–Trinajstić information content (AvgIpc) is 2.48. The maximum Gasteiger partial charge on any atom is 0.573 e. The summed E-state index contributed by atoms with van der Waals surface area (Å²) in [6.07, 6.45) is -8.28. The van der Waals surface area contributed by atoms with Gasteiger partial charge in [0, 0.05) is 5.56 Å². The molecule has 2 rings (SSSR count). The molecule has 1 saturated carbocycles. The van der Waals surface area contributed by atoms with Crippen molar-refractivity contribution in [3.05, 3.63) is 29.6 Å². The predicted octanol–water partition coefficient (Wildman–Crippen LogP) is 0.947. The summed E-state index contributed by atoms with van der Waals surface area (Å²) in [5.41, 5.74) is 2.61. The van der Waals surface area contributed by atoms with Crippen LogP contribution in [0.1, 0.15) is 18.4 Å². The van der Waals surface area contributed by atoms with E-state index in [4.69, 9.17) is 9.92 Å². The minimum absolute atomic E-state index is 0.210. The number of carbonyl (C=O) groups excluding carboxylic acids is 1. The standard InChI is InChI=1S/C14H15F4NO6S/c1-26(22,23)25-10-6-5-8(20)12(21)13(10,19)7-3-2-4-9(11(7)15)24-14(16,17)18/h2-4,8,10,20H,5-6,19H2,1H3. The van der Waals surface area contributed by atoms with E-state index in [0.717, 1.165) is 12.1 Å². The normalized spacial score (nSPS) is 27.4. The number of halogens is 4. The summed E-state index contributed by atoms with van der Waals surface area (Å²) in [7, 11) is -4.14. The van der Waals surface area contributed by atoms with E-state index in [1.54, 1.807) is 0 Å². The van der Waals surface area contributed by atoms with Gasteiger partial charge in [0.2, 0.25) is 0 Å². The first-order valence-corrected chi connectivity index (χ1v) is 9.01. The van der Waals surface area contributed by atoms with Crippen molar-refractivity contribution in [2.45, 2.75) is 37.0 Å². The molecule has 0 heterocycles. The molecule has 12 heteroatoms. The zero-order valence-corrected chi connectivity index (χ0v) is 14.1. The van der Waals surface area contributed by atoms with E-state index in [1.165, 1.54) is 0 Å². The first-order chi connectivity index (χ1) is 11.8. The highest BCUT2D eigenvalue weighted by molar-refractivity contribution is 7.86. The number of hydrogen-bond acceptors (Lipinski definition) is 7. The molecule has 1 aliphatic rings. The lowest BCUT2D eigenvalue weighted by Crippen LogP contribution is -2.62. The van der Waals surface area contributed by atoms with Crippen LogP contribution in [0.3, 0.4) is 0 Å². The minimum atomic E-state index is -5.21. The Morgan fingerprint density at radius 2 is 1.92 bits per heavy atom. The van der Waals surface area contributed by atoms with Gasteiger partial charge in [-0.25, -0.2) is 4.39 Å². The van der Waals surface area contributed by atoms with E-state index in [0.29, 0.717) is 12.3 Å². The highest BCUT2D eigenvalue weighted by Gasteiger charge is 2.53. The molecule has 1 aromatic rings. The molecular weight excluding hydrogens is 386 g/mol. The maximum absolute atomic E-state index is 14.6. The summed E-state index contributed by atoms with van der Waals surface area (Å²) in [4.78, 5) is 12.4. The fourth-order valence-corrected chi connectivity index (χ4v) is 3.45. The van der Waals surface area contributed by atoms with Crippen LogP contribution >= 0.6 is 0 Å². The van der Waals surface area contributed by atoms with Gasteiger partial charge < -0.3 is 15.6 Å². The molecule has 146 valence electrons. The van der Waals surface area contributed by atoms with Crippen molar-refractivity contribution < 1.29 is 44.8 Å². The summed E-state index contributed by atoms with van der Waals surface area (Å²) >= 11 is 0. The molecule has 3 unspecified atom stereocenters. The number of ketones is 1. The van der Waals surface area contributed by atoms with Crippen LogP contribution in [-0.4, -0.2) is 44.1 Å². The number of carbonyl (C=O) groups is 1. The van der Waals surface area contributed by atoms with Gasteiger partial charge in [-0.15, -0.1) is 13.2 Å². The Kier molecular flexibility index (Phi) is 5.34. The Hall–Kier alpha value is -1.76. The molecule has 0 spiro atoms. The van der Waals surface area contributed by atoms with Crippen LogP contribution in [0.4, 0.5) is 17.6 Å². The summed E-state index contributed by atoms with van der Waals surface area (Å²) in [5, 5.41) is 9.77. The van der Waals surface area contributed by atoms with Gasteiger partial charge >= 0.3 is 6.36 Å². The molecule has 1 aromatic carbocycles. The third-order valence-electron chi connectivity index (χ3n) is 3.85. The van der Waals surface area contributed by atoms with Crippen LogP contribution in [0.15, 0.2) is 18.2 Å². The summed E-state index contributed by atoms with van der Waals surface area (Å²) in [5.74, 6) is -4.05. The zero-order valence-electron chi connectivity index (χ0n) is 13.3. The van der Waals surface area contributed by atoms with Crippen LogP contribution < -0.4 is 10.5 Å². The number of hydrogen-bond donors (Lipinski definition) is 2. The number of ether oxygens (including phenoxy) is 1. The molecular formula is C14H15F4NO6S. The molecule has 0 bridgehead atoms. The first kappa shape index (κ1) is 20.6. The highest BCUT2D eigenvalue weighted by Crippen LogP contribution is 2.39. The molecule has 0 amide bonds. The molecule has 1 aliphatic carbocycles. The third-order valence-corrected chi connectivity index (χ3v) is 4.43. The van der Waals surface area contributed by atoms with Crippen LogP contribution in [0, 0.1) is 5.82 Å². The SMILES string of the molecule is CS(=O)(=O)OC1CCC(O)C(=O)C1(N)c1cccc(OC(F)(F)F)c1F. The number of aliphatic hydroxyl groups excluding tert-OH is 1. The van der Waals surface area contributed by atoms with Crippen molar-refractivity contribution in [2.24, 2.45) is 5.73 Å². The number of alkyl halides is 3. The number of rotatable bonds is 4. The second-order valence-corrected chi connectivity index (χ2v) is 7.38. The Balaban J connectivity index is 2.59. The largest absolute Gasteiger partial charge is 0.573 e. The van der Waals surface area contributed by atoms with E-state index >= 15 is 0 Å². The Morgan fingerprint density at radius 1 is 1.31 bits per heavy atom. The van der Waals surface area contributed by atoms with Crippen molar-refractivity contribution in [1.29, 1.82) is 0 Å². The van der Waals surface area contributed by atoms with E-state index in [2.05, 4.69) is 4.74 Å². The van der Waals surface area contributed by atoms with E-state index in [9.17, 15) is 35.9 Å². The van der Waals surface area contributed by atoms with Crippen molar-refractivity contribution in [2.75, 3.05) is 6.26 Å². The van der Waals surface area contributed by atoms with Crippen LogP contribution in [0.5, 0.6) is 5.75 Å². The molecule has 0 aliphatic heterocycles. The zero-order chi connectivity index (χ0) is 19.9. The van der Waals surface area contributed by atoms with Crippen molar-refractivity contribution in [3.63, 3.8) is 0 Å². The number of aliphatic hydroxyl groups is 1. The number of nitrogens with two attached hydrogens (primary N) is 1. The van der Waals surface area contributed by atoms with Gasteiger partial charge in [-0.3, -0.25) is 8.98 Å². The smallest absolute Gasteiger partial charge is 0.403 e. The Labute approximate surface area is 145 Å². The minimum Gasteiger partial charge on any atom is -0.403 e. The van der Waals surface area contributed by atoms with Gasteiger partial charge in [-0.2, -0.15) is 8.42 Å². The average molecular weight is 401 g/mol. The fraction of sp³-hybridized carbons (Fsp3) is 0.500. The van der Waals surface area contributed by atoms with Crippen molar-refractivity contribution in [3.8, 4) is 5.75 Å². The van der Waals surface area contributed by atoms with Gasteiger partial charge in [0.25, 0.3) is 10.1 Å². The predicted molar refractivity (Wildman–Crippen MR) is 78.9 cm³/mol. The second kappa shape index (κ2) is 6.76. The lowest BCUT2D eigenvalue weighted by Gasteiger charge is -2.40. The van der Waals surface area contributed by atoms with Gasteiger partial charge in [-0.1, -0.05) is 12.1 Å². The van der Waals surface area contributed by atoms with Crippen LogP contribution in [0.2, 0.25) is 0 Å². The third kappa shape index (κ3) is 4.14. The molecule has 0 radical (unpaired) electrons. The van der Waals surface area contributed by atoms with Gasteiger partial charge in [0.15, 0.2) is 17.3 Å². The van der Waals surface area contributed by atoms with E-state index < -0.39 is 57.1 Å².